The molecule has 1 heteroatoms. The molecule has 2 aliphatic carbocycles. The molecular weight excluding hydrogens is 428 g/mol. The highest BCUT2D eigenvalue weighted by Gasteiger charge is 2.49. The van der Waals surface area contributed by atoms with Gasteiger partial charge in [0.1, 0.15) is 0 Å². The Balaban J connectivity index is 1.80. The van der Waals surface area contributed by atoms with Crippen LogP contribution in [0.25, 0.3) is 33.0 Å². The third-order valence-corrected chi connectivity index (χ3v) is 7.66. The molecule has 0 aliphatic heterocycles. The van der Waals surface area contributed by atoms with Gasteiger partial charge in [-0.3, -0.25) is 0 Å². The zero-order valence-corrected chi connectivity index (χ0v) is 17.8. The van der Waals surface area contributed by atoms with Gasteiger partial charge in [-0.25, -0.2) is 0 Å². The summed E-state index contributed by atoms with van der Waals surface area (Å²) in [7, 11) is 0. The standard InChI is InChI=1S/C29H17Br/c30-27-17-16-21-20-10-3-6-14-25(20)29(26-15-7-11-22(27)28(21)26)23-12-4-1-8-18(23)19-9-2-5-13-24(19)29/h1-17H. The van der Waals surface area contributed by atoms with E-state index in [1.165, 1.54) is 55.3 Å². The van der Waals surface area contributed by atoms with Gasteiger partial charge in [-0.15, -0.1) is 0 Å². The molecule has 0 N–H and O–H groups in total. The van der Waals surface area contributed by atoms with E-state index in [1.54, 1.807) is 0 Å². The summed E-state index contributed by atoms with van der Waals surface area (Å²) in [5.41, 5.74) is 10.6. The maximum Gasteiger partial charge on any atom is 0.0725 e. The fourth-order valence-electron chi connectivity index (χ4n) is 5.91. The first-order valence-corrected chi connectivity index (χ1v) is 11.1. The Bertz CT molecular complexity index is 1460. The van der Waals surface area contributed by atoms with Crippen molar-refractivity contribution in [3.05, 3.63) is 130 Å². The summed E-state index contributed by atoms with van der Waals surface area (Å²) in [6, 6.07) is 38.1. The summed E-state index contributed by atoms with van der Waals surface area (Å²) in [6.07, 6.45) is 0. The van der Waals surface area contributed by atoms with Crippen molar-refractivity contribution in [3.8, 4) is 22.3 Å². The monoisotopic (exact) mass is 444 g/mol. The molecule has 5 aromatic rings. The number of fused-ring (bicyclic) bond motifs is 9. The van der Waals surface area contributed by atoms with E-state index in [9.17, 15) is 0 Å². The molecule has 0 nitrogen and oxygen atoms in total. The number of rotatable bonds is 0. The number of hydrogen-bond acceptors (Lipinski definition) is 0. The third-order valence-electron chi connectivity index (χ3n) is 6.96. The molecule has 0 bridgehead atoms. The van der Waals surface area contributed by atoms with Crippen molar-refractivity contribution in [2.24, 2.45) is 0 Å². The second kappa shape index (κ2) is 5.71. The molecule has 2 aliphatic rings. The van der Waals surface area contributed by atoms with Crippen LogP contribution in [0, 0.1) is 0 Å². The van der Waals surface area contributed by atoms with E-state index in [0.717, 1.165) is 4.47 Å². The molecule has 1 spiro atoms. The molecule has 0 unspecified atom stereocenters. The van der Waals surface area contributed by atoms with Gasteiger partial charge in [-0.05, 0) is 61.3 Å². The minimum absolute atomic E-state index is 0.295. The fourth-order valence-corrected chi connectivity index (χ4v) is 6.38. The lowest BCUT2D eigenvalue weighted by Crippen LogP contribution is -2.31. The molecule has 0 heterocycles. The molecule has 0 saturated heterocycles. The van der Waals surface area contributed by atoms with Crippen LogP contribution in [0.5, 0.6) is 0 Å². The van der Waals surface area contributed by atoms with Gasteiger partial charge < -0.3 is 0 Å². The van der Waals surface area contributed by atoms with Crippen LogP contribution in [-0.4, -0.2) is 0 Å². The van der Waals surface area contributed by atoms with Gasteiger partial charge in [0, 0.05) is 4.47 Å². The number of benzene rings is 5. The van der Waals surface area contributed by atoms with Crippen molar-refractivity contribution >= 4 is 26.7 Å². The summed E-state index contributed by atoms with van der Waals surface area (Å²) < 4.78 is 1.15. The second-order valence-corrected chi connectivity index (χ2v) is 9.06. The Kier molecular flexibility index (Phi) is 3.16. The van der Waals surface area contributed by atoms with Gasteiger partial charge in [0.05, 0.1) is 5.41 Å². The molecule has 0 aromatic heterocycles. The normalized spacial score (nSPS) is 14.4. The van der Waals surface area contributed by atoms with E-state index in [-0.39, 0.29) is 5.41 Å². The molecule has 0 fully saturated rings. The van der Waals surface area contributed by atoms with Gasteiger partial charge in [0.25, 0.3) is 0 Å². The van der Waals surface area contributed by atoms with Crippen molar-refractivity contribution in [1.29, 1.82) is 0 Å². The number of halogens is 1. The van der Waals surface area contributed by atoms with E-state index in [1.807, 2.05) is 0 Å². The van der Waals surface area contributed by atoms with Crippen molar-refractivity contribution in [1.82, 2.24) is 0 Å². The molecule has 5 aromatic carbocycles. The highest BCUT2D eigenvalue weighted by molar-refractivity contribution is 9.10. The average Bonchev–Trinajstić information content (AvgIpc) is 3.10. The molecule has 0 radical (unpaired) electrons. The minimum atomic E-state index is -0.295. The van der Waals surface area contributed by atoms with E-state index in [4.69, 9.17) is 0 Å². The molecule has 0 saturated carbocycles. The van der Waals surface area contributed by atoms with Crippen LogP contribution in [-0.2, 0) is 5.41 Å². The van der Waals surface area contributed by atoms with E-state index in [0.29, 0.717) is 0 Å². The maximum atomic E-state index is 3.82. The fraction of sp³-hybridized carbons (Fsp3) is 0.0345. The van der Waals surface area contributed by atoms with Gasteiger partial charge in [0.2, 0.25) is 0 Å². The van der Waals surface area contributed by atoms with Gasteiger partial charge in [-0.2, -0.15) is 0 Å². The average molecular weight is 445 g/mol. The van der Waals surface area contributed by atoms with Crippen LogP contribution < -0.4 is 0 Å². The van der Waals surface area contributed by atoms with Crippen LogP contribution in [0.15, 0.2) is 108 Å². The number of hydrogen-bond donors (Lipinski definition) is 0. The first-order valence-electron chi connectivity index (χ1n) is 10.3. The van der Waals surface area contributed by atoms with Crippen LogP contribution in [0.2, 0.25) is 0 Å². The lowest BCUT2D eigenvalue weighted by molar-refractivity contribution is 0.773. The Morgan fingerprint density at radius 3 is 1.53 bits per heavy atom. The van der Waals surface area contributed by atoms with E-state index in [2.05, 4.69) is 119 Å². The molecule has 7 rings (SSSR count). The SMILES string of the molecule is Brc1ccc2c3c(cccc13)C1(c3ccccc3-c3ccccc31)c1ccccc1-2. The van der Waals surface area contributed by atoms with Crippen molar-refractivity contribution < 1.29 is 0 Å². The maximum absolute atomic E-state index is 3.82. The molecule has 140 valence electrons. The summed E-state index contributed by atoms with van der Waals surface area (Å²) in [4.78, 5) is 0. The molecular formula is C29H17Br. The lowest BCUT2D eigenvalue weighted by atomic mass is 9.61. The largest absolute Gasteiger partial charge is 0.0725 e. The smallest absolute Gasteiger partial charge is 0.0619 e. The summed E-state index contributed by atoms with van der Waals surface area (Å²) in [5.74, 6) is 0. The van der Waals surface area contributed by atoms with Crippen molar-refractivity contribution in [2.45, 2.75) is 5.41 Å². The predicted molar refractivity (Wildman–Crippen MR) is 128 cm³/mol. The predicted octanol–water partition coefficient (Wildman–Crippen LogP) is 7.95. The molecule has 30 heavy (non-hydrogen) atoms. The Labute approximate surface area is 184 Å². The molecule has 0 atom stereocenters. The minimum Gasteiger partial charge on any atom is -0.0619 e. The van der Waals surface area contributed by atoms with Crippen LogP contribution in [0.1, 0.15) is 22.3 Å². The first-order chi connectivity index (χ1) is 14.8. The van der Waals surface area contributed by atoms with Crippen molar-refractivity contribution in [3.63, 3.8) is 0 Å². The Morgan fingerprint density at radius 2 is 0.933 bits per heavy atom. The van der Waals surface area contributed by atoms with Gasteiger partial charge >= 0.3 is 0 Å². The summed E-state index contributed by atoms with van der Waals surface area (Å²) in [6.45, 7) is 0. The summed E-state index contributed by atoms with van der Waals surface area (Å²) >= 11 is 3.82. The van der Waals surface area contributed by atoms with Crippen LogP contribution in [0.3, 0.4) is 0 Å². The Morgan fingerprint density at radius 1 is 0.433 bits per heavy atom. The van der Waals surface area contributed by atoms with E-state index >= 15 is 0 Å². The van der Waals surface area contributed by atoms with Gasteiger partial charge in [0.15, 0.2) is 0 Å². The topological polar surface area (TPSA) is 0 Å². The molecule has 0 amide bonds. The third kappa shape index (κ3) is 1.79. The quantitative estimate of drug-likeness (QED) is 0.222. The van der Waals surface area contributed by atoms with Crippen LogP contribution >= 0.6 is 15.9 Å². The highest BCUT2D eigenvalue weighted by atomic mass is 79.9. The van der Waals surface area contributed by atoms with E-state index < -0.39 is 0 Å². The Hall–Kier alpha value is -3.16. The van der Waals surface area contributed by atoms with Crippen molar-refractivity contribution in [2.75, 3.05) is 0 Å². The zero-order valence-electron chi connectivity index (χ0n) is 16.2. The second-order valence-electron chi connectivity index (χ2n) is 8.21. The zero-order chi connectivity index (χ0) is 19.9. The first kappa shape index (κ1) is 16.6. The highest BCUT2D eigenvalue weighted by Crippen LogP contribution is 2.61. The summed E-state index contributed by atoms with van der Waals surface area (Å²) in [5, 5.41) is 2.64. The lowest BCUT2D eigenvalue weighted by Gasteiger charge is -2.40. The van der Waals surface area contributed by atoms with Gasteiger partial charge in [-0.1, -0.05) is 113 Å². The van der Waals surface area contributed by atoms with Crippen LogP contribution in [0.4, 0.5) is 0 Å².